The predicted molar refractivity (Wildman–Crippen MR) is 71.7 cm³/mol. The number of phenolic OH excluding ortho intramolecular Hbond substituents is 1. The smallest absolute Gasteiger partial charge is 0.299 e. The first kappa shape index (κ1) is 15.2. The predicted octanol–water partition coefficient (Wildman–Crippen LogP) is 0.472. The van der Waals surface area contributed by atoms with Gasteiger partial charge >= 0.3 is 0 Å². The van der Waals surface area contributed by atoms with Gasteiger partial charge < -0.3 is 30.5 Å². The first-order valence-corrected chi connectivity index (χ1v) is 6.46. The number of aliphatic hydroxyl groups is 2. The molecule has 1 aromatic carbocycles. The molecule has 1 saturated heterocycles. The van der Waals surface area contributed by atoms with Crippen LogP contribution in [0.15, 0.2) is 24.3 Å². The SMILES string of the molecule is CC1(C)COC(O)([C@@H](N)[C@@H](O)c2ccc(O)cc2)OC1. The number of nitrogens with two attached hydrogens (primary N) is 1. The van der Waals surface area contributed by atoms with Crippen LogP contribution in [-0.4, -0.2) is 40.5 Å². The molecule has 112 valence electrons. The van der Waals surface area contributed by atoms with E-state index in [1.165, 1.54) is 24.3 Å². The zero-order valence-electron chi connectivity index (χ0n) is 11.6. The van der Waals surface area contributed by atoms with Crippen LogP contribution in [0.3, 0.4) is 0 Å². The van der Waals surface area contributed by atoms with Crippen LogP contribution < -0.4 is 5.73 Å². The van der Waals surface area contributed by atoms with Gasteiger partial charge in [-0.05, 0) is 17.7 Å². The third-order valence-electron chi connectivity index (χ3n) is 3.34. The zero-order chi connectivity index (χ0) is 15.0. The van der Waals surface area contributed by atoms with Crippen molar-refractivity contribution in [2.24, 2.45) is 11.1 Å². The van der Waals surface area contributed by atoms with Gasteiger partial charge in [-0.2, -0.15) is 0 Å². The highest BCUT2D eigenvalue weighted by atomic mass is 16.8. The summed E-state index contributed by atoms with van der Waals surface area (Å²) in [6.07, 6.45) is -1.18. The summed E-state index contributed by atoms with van der Waals surface area (Å²) in [6, 6.07) is 4.75. The Labute approximate surface area is 117 Å². The summed E-state index contributed by atoms with van der Waals surface area (Å²) in [5.74, 6) is -1.94. The molecule has 20 heavy (non-hydrogen) atoms. The Hall–Kier alpha value is -1.18. The maximum absolute atomic E-state index is 10.3. The van der Waals surface area contributed by atoms with Crippen LogP contribution in [0, 0.1) is 5.41 Å². The number of ether oxygens (including phenoxy) is 2. The van der Waals surface area contributed by atoms with Crippen LogP contribution in [0.25, 0.3) is 0 Å². The first-order chi connectivity index (χ1) is 9.23. The molecule has 0 aliphatic carbocycles. The molecule has 5 N–H and O–H groups in total. The fraction of sp³-hybridized carbons (Fsp3) is 0.571. The molecule has 0 radical (unpaired) electrons. The summed E-state index contributed by atoms with van der Waals surface area (Å²) < 4.78 is 10.6. The Balaban J connectivity index is 2.10. The van der Waals surface area contributed by atoms with Crippen molar-refractivity contribution in [3.8, 4) is 5.75 Å². The van der Waals surface area contributed by atoms with E-state index >= 15 is 0 Å². The van der Waals surface area contributed by atoms with Gasteiger partial charge in [0.2, 0.25) is 0 Å². The van der Waals surface area contributed by atoms with Crippen molar-refractivity contribution in [3.63, 3.8) is 0 Å². The van der Waals surface area contributed by atoms with Crippen LogP contribution in [0.4, 0.5) is 0 Å². The molecule has 0 unspecified atom stereocenters. The molecule has 2 rings (SSSR count). The topological polar surface area (TPSA) is 105 Å². The number of hydrogen-bond acceptors (Lipinski definition) is 6. The molecule has 0 aromatic heterocycles. The van der Waals surface area contributed by atoms with Crippen molar-refractivity contribution in [2.45, 2.75) is 32.0 Å². The second kappa shape index (κ2) is 5.31. The Morgan fingerprint density at radius 3 is 2.15 bits per heavy atom. The summed E-state index contributed by atoms with van der Waals surface area (Å²) in [4.78, 5) is 0. The molecular weight excluding hydrogens is 262 g/mol. The van der Waals surface area contributed by atoms with Crippen molar-refractivity contribution in [2.75, 3.05) is 13.2 Å². The average Bonchev–Trinajstić information content (AvgIpc) is 2.42. The van der Waals surface area contributed by atoms with Crippen LogP contribution >= 0.6 is 0 Å². The largest absolute Gasteiger partial charge is 0.508 e. The second-order valence-corrected chi connectivity index (χ2v) is 5.93. The van der Waals surface area contributed by atoms with Crippen LogP contribution in [0.5, 0.6) is 5.75 Å². The number of aliphatic hydroxyl groups excluding tert-OH is 1. The van der Waals surface area contributed by atoms with Gasteiger partial charge in [0.25, 0.3) is 5.97 Å². The third-order valence-corrected chi connectivity index (χ3v) is 3.34. The lowest BCUT2D eigenvalue weighted by Gasteiger charge is -2.43. The van der Waals surface area contributed by atoms with Gasteiger partial charge in [0, 0.05) is 5.41 Å². The zero-order valence-corrected chi connectivity index (χ0v) is 11.6. The number of benzene rings is 1. The number of phenols is 1. The molecule has 1 aliphatic heterocycles. The highest BCUT2D eigenvalue weighted by Gasteiger charge is 2.47. The minimum absolute atomic E-state index is 0.0835. The molecule has 0 saturated carbocycles. The van der Waals surface area contributed by atoms with E-state index in [2.05, 4.69) is 0 Å². The van der Waals surface area contributed by atoms with E-state index < -0.39 is 18.1 Å². The first-order valence-electron chi connectivity index (χ1n) is 6.46. The summed E-state index contributed by atoms with van der Waals surface area (Å²) in [6.45, 7) is 4.43. The van der Waals surface area contributed by atoms with Gasteiger partial charge in [0.15, 0.2) is 0 Å². The lowest BCUT2D eigenvalue weighted by atomic mass is 9.94. The van der Waals surface area contributed by atoms with Crippen molar-refractivity contribution >= 4 is 0 Å². The van der Waals surface area contributed by atoms with Crippen LogP contribution in [0.1, 0.15) is 25.5 Å². The third kappa shape index (κ3) is 3.11. The molecule has 0 bridgehead atoms. The highest BCUT2D eigenvalue weighted by Crippen LogP contribution is 2.33. The summed E-state index contributed by atoms with van der Waals surface area (Å²) in [5.41, 5.74) is 6.12. The lowest BCUT2D eigenvalue weighted by Crippen LogP contribution is -2.59. The quantitative estimate of drug-likeness (QED) is 0.643. The molecule has 1 aromatic rings. The molecular formula is C14H21NO5. The van der Waals surface area contributed by atoms with Gasteiger partial charge in [-0.1, -0.05) is 26.0 Å². The fourth-order valence-corrected chi connectivity index (χ4v) is 1.95. The number of rotatable bonds is 3. The van der Waals surface area contributed by atoms with Gasteiger partial charge in [-0.3, -0.25) is 0 Å². The van der Waals surface area contributed by atoms with E-state index in [1.807, 2.05) is 13.8 Å². The van der Waals surface area contributed by atoms with E-state index in [4.69, 9.17) is 15.2 Å². The minimum atomic E-state index is -2.02. The maximum atomic E-state index is 10.3. The van der Waals surface area contributed by atoms with E-state index in [9.17, 15) is 15.3 Å². The summed E-state index contributed by atoms with van der Waals surface area (Å²) >= 11 is 0. The molecule has 0 spiro atoms. The van der Waals surface area contributed by atoms with Crippen molar-refractivity contribution in [1.82, 2.24) is 0 Å². The molecule has 6 heteroatoms. The Kier molecular flexibility index (Phi) is 4.04. The Morgan fingerprint density at radius 1 is 1.15 bits per heavy atom. The van der Waals surface area contributed by atoms with Gasteiger partial charge in [-0.25, -0.2) is 0 Å². The van der Waals surface area contributed by atoms with E-state index in [0.717, 1.165) is 0 Å². The van der Waals surface area contributed by atoms with Gasteiger partial charge in [0.05, 0.1) is 13.2 Å². The molecule has 1 fully saturated rings. The van der Waals surface area contributed by atoms with Crippen LogP contribution in [-0.2, 0) is 9.47 Å². The molecule has 2 atom stereocenters. The van der Waals surface area contributed by atoms with Crippen molar-refractivity contribution in [1.29, 1.82) is 0 Å². The Morgan fingerprint density at radius 2 is 1.65 bits per heavy atom. The highest BCUT2D eigenvalue weighted by molar-refractivity contribution is 5.28. The molecule has 0 amide bonds. The molecule has 1 aliphatic rings. The van der Waals surface area contributed by atoms with E-state index in [0.29, 0.717) is 5.56 Å². The standard InChI is InChI=1S/C14H21NO5/c1-13(2)7-19-14(18,20-8-13)12(15)11(17)9-3-5-10(16)6-4-9/h3-6,11-12,16-18H,7-8,15H2,1-2H3/t11-,12-/m0/s1. The maximum Gasteiger partial charge on any atom is 0.299 e. The lowest BCUT2D eigenvalue weighted by molar-refractivity contribution is -0.414. The van der Waals surface area contributed by atoms with E-state index in [-0.39, 0.29) is 24.4 Å². The Bertz CT molecular complexity index is 449. The number of hydrogen-bond donors (Lipinski definition) is 4. The van der Waals surface area contributed by atoms with Gasteiger partial charge in [0.1, 0.15) is 17.9 Å². The van der Waals surface area contributed by atoms with Gasteiger partial charge in [-0.15, -0.1) is 0 Å². The second-order valence-electron chi connectivity index (χ2n) is 5.93. The molecule has 6 nitrogen and oxygen atoms in total. The fourth-order valence-electron chi connectivity index (χ4n) is 1.95. The summed E-state index contributed by atoms with van der Waals surface area (Å²) in [7, 11) is 0. The monoisotopic (exact) mass is 283 g/mol. The van der Waals surface area contributed by atoms with E-state index in [1.54, 1.807) is 0 Å². The number of aromatic hydroxyl groups is 1. The van der Waals surface area contributed by atoms with Crippen LogP contribution in [0.2, 0.25) is 0 Å². The molecule has 1 heterocycles. The average molecular weight is 283 g/mol. The van der Waals surface area contributed by atoms with Crippen molar-refractivity contribution < 1.29 is 24.8 Å². The minimum Gasteiger partial charge on any atom is -0.508 e. The van der Waals surface area contributed by atoms with Crippen molar-refractivity contribution in [3.05, 3.63) is 29.8 Å². The summed E-state index contributed by atoms with van der Waals surface area (Å²) in [5, 5.41) is 29.7. The normalized spacial score (nSPS) is 24.1.